The van der Waals surface area contributed by atoms with Gasteiger partial charge in [-0.15, -0.1) is 0 Å². The van der Waals surface area contributed by atoms with Gasteiger partial charge in [0.05, 0.1) is 0 Å². The van der Waals surface area contributed by atoms with Crippen molar-refractivity contribution in [1.29, 1.82) is 0 Å². The summed E-state index contributed by atoms with van der Waals surface area (Å²) in [6, 6.07) is 0. The fourth-order valence-electron chi connectivity index (χ4n) is 2.48. The van der Waals surface area contributed by atoms with Gasteiger partial charge in [-0.25, -0.2) is 0 Å². The highest BCUT2D eigenvalue weighted by molar-refractivity contribution is 4.66. The molecule has 0 fully saturated rings. The van der Waals surface area contributed by atoms with E-state index in [1.807, 2.05) is 0 Å². The van der Waals surface area contributed by atoms with Crippen LogP contribution in [0.3, 0.4) is 0 Å². The van der Waals surface area contributed by atoms with E-state index in [9.17, 15) is 0 Å². The average Bonchev–Trinajstić information content (AvgIpc) is 2.36. The van der Waals surface area contributed by atoms with E-state index < -0.39 is 0 Å². The standard InChI is InChI=1S/C18H38/c1-7-9-10-18(13-11-16(5)8-2)14-12-17(6)15(3)4/h15-18H,7-14H2,1-6H3. The van der Waals surface area contributed by atoms with Crippen LogP contribution in [-0.4, -0.2) is 0 Å². The van der Waals surface area contributed by atoms with Crippen molar-refractivity contribution in [3.8, 4) is 0 Å². The molecule has 0 spiro atoms. The van der Waals surface area contributed by atoms with Crippen LogP contribution >= 0.6 is 0 Å². The lowest BCUT2D eigenvalue weighted by Crippen LogP contribution is -2.09. The Bertz CT molecular complexity index is 171. The van der Waals surface area contributed by atoms with Crippen molar-refractivity contribution in [2.45, 2.75) is 92.9 Å². The second-order valence-electron chi connectivity index (χ2n) is 6.90. The molecule has 0 aliphatic heterocycles. The first kappa shape index (κ1) is 18.0. The monoisotopic (exact) mass is 254 g/mol. The summed E-state index contributed by atoms with van der Waals surface area (Å²) in [7, 11) is 0. The van der Waals surface area contributed by atoms with Crippen molar-refractivity contribution >= 4 is 0 Å². The van der Waals surface area contributed by atoms with Crippen LogP contribution in [0.5, 0.6) is 0 Å². The zero-order valence-corrected chi connectivity index (χ0v) is 14.0. The molecule has 3 atom stereocenters. The van der Waals surface area contributed by atoms with Crippen LogP contribution in [0.25, 0.3) is 0 Å². The van der Waals surface area contributed by atoms with Crippen LogP contribution < -0.4 is 0 Å². The Balaban J connectivity index is 3.97. The molecule has 0 heteroatoms. The number of hydrogen-bond donors (Lipinski definition) is 0. The molecular formula is C18H38. The van der Waals surface area contributed by atoms with Gasteiger partial charge in [-0.2, -0.15) is 0 Å². The second-order valence-corrected chi connectivity index (χ2v) is 6.90. The molecular weight excluding hydrogens is 216 g/mol. The smallest absolute Gasteiger partial charge is 0.0414 e. The van der Waals surface area contributed by atoms with Crippen LogP contribution in [0.1, 0.15) is 92.9 Å². The minimum Gasteiger partial charge on any atom is -0.0654 e. The lowest BCUT2D eigenvalue weighted by atomic mass is 9.84. The molecule has 3 unspecified atom stereocenters. The number of unbranched alkanes of at least 4 members (excludes halogenated alkanes) is 1. The van der Waals surface area contributed by atoms with E-state index in [-0.39, 0.29) is 0 Å². The molecule has 0 aromatic rings. The van der Waals surface area contributed by atoms with Crippen LogP contribution in [0.15, 0.2) is 0 Å². The third-order valence-electron chi connectivity index (χ3n) is 4.90. The van der Waals surface area contributed by atoms with Crippen LogP contribution in [0.2, 0.25) is 0 Å². The van der Waals surface area contributed by atoms with Crippen molar-refractivity contribution in [3.05, 3.63) is 0 Å². The van der Waals surface area contributed by atoms with Crippen molar-refractivity contribution in [2.75, 3.05) is 0 Å². The van der Waals surface area contributed by atoms with Crippen LogP contribution in [-0.2, 0) is 0 Å². The third kappa shape index (κ3) is 9.00. The van der Waals surface area contributed by atoms with E-state index in [1.54, 1.807) is 0 Å². The van der Waals surface area contributed by atoms with E-state index >= 15 is 0 Å². The summed E-state index contributed by atoms with van der Waals surface area (Å²) in [6.07, 6.45) is 11.4. The normalized spacial score (nSPS) is 16.8. The zero-order chi connectivity index (χ0) is 14.0. The van der Waals surface area contributed by atoms with Gasteiger partial charge >= 0.3 is 0 Å². The quantitative estimate of drug-likeness (QED) is 0.385. The molecule has 0 radical (unpaired) electrons. The molecule has 0 saturated carbocycles. The Labute approximate surface area is 117 Å². The van der Waals surface area contributed by atoms with Gasteiger partial charge < -0.3 is 0 Å². The van der Waals surface area contributed by atoms with Gasteiger partial charge in [0, 0.05) is 0 Å². The van der Waals surface area contributed by atoms with E-state index in [0.717, 1.165) is 23.7 Å². The molecule has 0 nitrogen and oxygen atoms in total. The van der Waals surface area contributed by atoms with Gasteiger partial charge in [-0.3, -0.25) is 0 Å². The largest absolute Gasteiger partial charge is 0.0654 e. The Kier molecular flexibility index (Phi) is 10.9. The van der Waals surface area contributed by atoms with Gasteiger partial charge in [0.1, 0.15) is 0 Å². The van der Waals surface area contributed by atoms with Crippen molar-refractivity contribution < 1.29 is 0 Å². The molecule has 0 aromatic carbocycles. The molecule has 110 valence electrons. The van der Waals surface area contributed by atoms with Crippen molar-refractivity contribution in [3.63, 3.8) is 0 Å². The molecule has 0 bridgehead atoms. The maximum Gasteiger partial charge on any atom is -0.0414 e. The first-order valence-corrected chi connectivity index (χ1v) is 8.51. The summed E-state index contributed by atoms with van der Waals surface area (Å²) in [4.78, 5) is 0. The SMILES string of the molecule is CCCCC(CCC(C)CC)CCC(C)C(C)C. The Morgan fingerprint density at radius 1 is 0.722 bits per heavy atom. The summed E-state index contributed by atoms with van der Waals surface area (Å²) in [5, 5.41) is 0. The lowest BCUT2D eigenvalue weighted by molar-refractivity contribution is 0.302. The van der Waals surface area contributed by atoms with Gasteiger partial charge in [0.15, 0.2) is 0 Å². The van der Waals surface area contributed by atoms with Crippen molar-refractivity contribution in [2.24, 2.45) is 23.7 Å². The molecule has 0 heterocycles. The third-order valence-corrected chi connectivity index (χ3v) is 4.90. The number of rotatable bonds is 11. The molecule has 0 rings (SSSR count). The van der Waals surface area contributed by atoms with E-state index in [0.29, 0.717) is 0 Å². The lowest BCUT2D eigenvalue weighted by Gasteiger charge is -2.22. The highest BCUT2D eigenvalue weighted by Gasteiger charge is 2.13. The van der Waals surface area contributed by atoms with E-state index in [2.05, 4.69) is 41.5 Å². The first-order valence-electron chi connectivity index (χ1n) is 8.51. The zero-order valence-electron chi connectivity index (χ0n) is 14.0. The van der Waals surface area contributed by atoms with E-state index in [1.165, 1.54) is 51.4 Å². The van der Waals surface area contributed by atoms with Gasteiger partial charge in [0.25, 0.3) is 0 Å². The first-order chi connectivity index (χ1) is 8.51. The topological polar surface area (TPSA) is 0 Å². The average molecular weight is 255 g/mol. The van der Waals surface area contributed by atoms with Gasteiger partial charge in [0.2, 0.25) is 0 Å². The summed E-state index contributed by atoms with van der Waals surface area (Å²) >= 11 is 0. The number of hydrogen-bond acceptors (Lipinski definition) is 0. The van der Waals surface area contributed by atoms with Crippen molar-refractivity contribution in [1.82, 2.24) is 0 Å². The molecule has 18 heavy (non-hydrogen) atoms. The molecule has 0 amide bonds. The molecule has 0 aliphatic carbocycles. The highest BCUT2D eigenvalue weighted by atomic mass is 14.2. The summed E-state index contributed by atoms with van der Waals surface area (Å²) in [5.41, 5.74) is 0. The maximum atomic E-state index is 2.43. The highest BCUT2D eigenvalue weighted by Crippen LogP contribution is 2.27. The van der Waals surface area contributed by atoms with Crippen LogP contribution in [0, 0.1) is 23.7 Å². The van der Waals surface area contributed by atoms with Gasteiger partial charge in [-0.05, 0) is 23.7 Å². The minimum atomic E-state index is 0.853. The fraction of sp³-hybridized carbons (Fsp3) is 1.00. The Morgan fingerprint density at radius 3 is 1.83 bits per heavy atom. The Morgan fingerprint density at radius 2 is 1.33 bits per heavy atom. The molecule has 0 N–H and O–H groups in total. The fourth-order valence-corrected chi connectivity index (χ4v) is 2.48. The summed E-state index contributed by atoms with van der Waals surface area (Å²) < 4.78 is 0. The van der Waals surface area contributed by atoms with Crippen LogP contribution in [0.4, 0.5) is 0 Å². The second kappa shape index (κ2) is 10.9. The maximum absolute atomic E-state index is 2.43. The summed E-state index contributed by atoms with van der Waals surface area (Å²) in [6.45, 7) is 14.2. The predicted molar refractivity (Wildman–Crippen MR) is 84.9 cm³/mol. The summed E-state index contributed by atoms with van der Waals surface area (Å²) in [5.74, 6) is 3.68. The predicted octanol–water partition coefficient (Wildman–Crippen LogP) is 6.69. The van der Waals surface area contributed by atoms with Gasteiger partial charge in [-0.1, -0.05) is 92.9 Å². The minimum absolute atomic E-state index is 0.853. The molecule has 0 aromatic heterocycles. The van der Waals surface area contributed by atoms with E-state index in [4.69, 9.17) is 0 Å². The Hall–Kier alpha value is 0. The molecule has 0 aliphatic rings. The molecule has 0 saturated heterocycles.